The van der Waals surface area contributed by atoms with E-state index in [2.05, 4.69) is 6.92 Å². The van der Waals surface area contributed by atoms with Crippen LogP contribution in [0.5, 0.6) is 0 Å². The van der Waals surface area contributed by atoms with E-state index in [1.807, 2.05) is 0 Å². The number of aliphatic hydroxyl groups excluding tert-OH is 13. The van der Waals surface area contributed by atoms with E-state index in [0.717, 1.165) is 32.1 Å². The summed E-state index contributed by atoms with van der Waals surface area (Å²) < 4.78 is 44.6. The van der Waals surface area contributed by atoms with Crippen molar-refractivity contribution >= 4 is 0 Å². The molecule has 0 bridgehead atoms. The SMILES string of the molecule is CCCCCCCCO[C@@H]1O[C@H](CO)[C@@H](O[C@H]2O[C@H](CO)[C@@H](O[C@H]3O[C@H](CO)[C@@H](O[C@H]4O[C@H](CO)[C@@H](O)[C@H](O)[C@H]4O)[C@H](O)[C@H]3O)[C@H](O)[C@H]2O)[C@H](O)[C@H]1O. The monoisotopic (exact) mass is 778 g/mol. The van der Waals surface area contributed by atoms with E-state index in [0.29, 0.717) is 6.42 Å². The van der Waals surface area contributed by atoms with Gasteiger partial charge >= 0.3 is 0 Å². The van der Waals surface area contributed by atoms with Gasteiger partial charge in [-0.2, -0.15) is 0 Å². The minimum Gasteiger partial charge on any atom is -0.394 e. The Labute approximate surface area is 305 Å². The zero-order valence-corrected chi connectivity index (χ0v) is 29.4. The summed E-state index contributed by atoms with van der Waals surface area (Å²) in [5, 5.41) is 136. The van der Waals surface area contributed by atoms with Gasteiger partial charge in [0.2, 0.25) is 0 Å². The van der Waals surface area contributed by atoms with E-state index in [9.17, 15) is 66.4 Å². The average Bonchev–Trinajstić information content (AvgIpc) is 3.16. The molecule has 53 heavy (non-hydrogen) atoms. The molecule has 0 aromatic carbocycles. The second-order valence-corrected chi connectivity index (χ2v) is 13.8. The molecule has 4 heterocycles. The number of hydrogen-bond acceptors (Lipinski definition) is 21. The van der Waals surface area contributed by atoms with E-state index < -0.39 is 149 Å². The Morgan fingerprint density at radius 3 is 1.13 bits per heavy atom. The zero-order chi connectivity index (χ0) is 39.0. The van der Waals surface area contributed by atoms with Crippen LogP contribution in [0.4, 0.5) is 0 Å². The molecule has 0 aliphatic carbocycles. The largest absolute Gasteiger partial charge is 0.394 e. The molecular weight excluding hydrogens is 720 g/mol. The molecule has 0 aromatic rings. The first kappa shape index (κ1) is 44.9. The van der Waals surface area contributed by atoms with Gasteiger partial charge in [-0.3, -0.25) is 0 Å². The molecule has 0 saturated carbocycles. The van der Waals surface area contributed by atoms with Crippen molar-refractivity contribution in [1.82, 2.24) is 0 Å². The lowest BCUT2D eigenvalue weighted by Crippen LogP contribution is -2.67. The Hall–Kier alpha value is -0.840. The molecule has 0 amide bonds. The highest BCUT2D eigenvalue weighted by Crippen LogP contribution is 2.34. The average molecular weight is 779 g/mol. The quantitative estimate of drug-likeness (QED) is 0.0575. The molecule has 0 spiro atoms. The normalized spacial score (nSPS) is 46.8. The van der Waals surface area contributed by atoms with E-state index >= 15 is 0 Å². The van der Waals surface area contributed by atoms with Crippen molar-refractivity contribution in [1.29, 1.82) is 0 Å². The Bertz CT molecular complexity index is 1040. The van der Waals surface area contributed by atoms with Crippen LogP contribution < -0.4 is 0 Å². The molecule has 4 saturated heterocycles. The van der Waals surface area contributed by atoms with Gasteiger partial charge in [0.1, 0.15) is 97.7 Å². The molecular formula is C32H58O21. The highest BCUT2D eigenvalue weighted by atomic mass is 16.8. The summed E-state index contributed by atoms with van der Waals surface area (Å²) in [6.07, 6.45) is -28.0. The maximum atomic E-state index is 11.1. The Kier molecular flexibility index (Phi) is 17.8. The molecule has 21 heteroatoms. The lowest BCUT2D eigenvalue weighted by Gasteiger charge is -2.49. The van der Waals surface area contributed by atoms with E-state index in [1.165, 1.54) is 0 Å². The van der Waals surface area contributed by atoms with Crippen molar-refractivity contribution in [3.63, 3.8) is 0 Å². The molecule has 0 aromatic heterocycles. The van der Waals surface area contributed by atoms with Gasteiger partial charge in [0.25, 0.3) is 0 Å². The van der Waals surface area contributed by atoms with Crippen molar-refractivity contribution in [2.75, 3.05) is 33.0 Å². The van der Waals surface area contributed by atoms with Crippen LogP contribution in [0.25, 0.3) is 0 Å². The van der Waals surface area contributed by atoms with Crippen LogP contribution in [0.2, 0.25) is 0 Å². The predicted molar refractivity (Wildman–Crippen MR) is 171 cm³/mol. The molecule has 312 valence electrons. The van der Waals surface area contributed by atoms with Crippen LogP contribution in [-0.4, -0.2) is 222 Å². The predicted octanol–water partition coefficient (Wildman–Crippen LogP) is -6.36. The summed E-state index contributed by atoms with van der Waals surface area (Å²) in [6, 6.07) is 0. The molecule has 0 radical (unpaired) electrons. The number of hydrogen-bond donors (Lipinski definition) is 13. The highest BCUT2D eigenvalue weighted by Gasteiger charge is 2.55. The lowest BCUT2D eigenvalue weighted by molar-refractivity contribution is -0.388. The van der Waals surface area contributed by atoms with Crippen LogP contribution in [-0.2, 0) is 37.9 Å². The molecule has 4 fully saturated rings. The van der Waals surface area contributed by atoms with Crippen LogP contribution >= 0.6 is 0 Å². The molecule has 4 aliphatic heterocycles. The molecule has 4 aliphatic rings. The number of aliphatic hydroxyl groups is 13. The minimum absolute atomic E-state index is 0.224. The highest BCUT2D eigenvalue weighted by molar-refractivity contribution is 4.97. The summed E-state index contributed by atoms with van der Waals surface area (Å²) in [5.41, 5.74) is 0. The van der Waals surface area contributed by atoms with Gasteiger partial charge < -0.3 is 104 Å². The number of unbranched alkanes of at least 4 members (excludes halogenated alkanes) is 5. The standard InChI is InChI=1S/C32H58O21/c1-2-3-4-5-6-7-8-46-29-23(43)19(39)26(14(10-34)48-29)52-31-25(45)21(41)28(16(12-36)50-31)53-32-24(44)20(40)27(15(11-35)49-32)51-30-22(42)18(38)17(37)13(9-33)47-30/h13-45H,2-12H2,1H3/t13-,14-,15-,16-,17-,18+,19-,20-,21-,22-,23-,24-,25-,26-,27-,28-,29-,30-,31-,32-/m1/s1. The molecule has 20 atom stereocenters. The number of rotatable bonds is 18. The second kappa shape index (κ2) is 21.1. The van der Waals surface area contributed by atoms with E-state index in [-0.39, 0.29) is 6.61 Å². The molecule has 4 rings (SSSR count). The van der Waals surface area contributed by atoms with Crippen LogP contribution in [0.15, 0.2) is 0 Å². The lowest BCUT2D eigenvalue weighted by atomic mass is 9.95. The van der Waals surface area contributed by atoms with E-state index in [1.54, 1.807) is 0 Å². The van der Waals surface area contributed by atoms with Gasteiger partial charge in [-0.05, 0) is 6.42 Å². The fraction of sp³-hybridized carbons (Fsp3) is 1.00. The number of ether oxygens (including phenoxy) is 8. The first-order chi connectivity index (χ1) is 25.3. The topological polar surface area (TPSA) is 337 Å². The Balaban J connectivity index is 1.36. The summed E-state index contributed by atoms with van der Waals surface area (Å²) in [4.78, 5) is 0. The summed E-state index contributed by atoms with van der Waals surface area (Å²) >= 11 is 0. The van der Waals surface area contributed by atoms with Gasteiger partial charge in [-0.25, -0.2) is 0 Å². The fourth-order valence-corrected chi connectivity index (χ4v) is 6.75. The second-order valence-electron chi connectivity index (χ2n) is 13.8. The van der Waals surface area contributed by atoms with Crippen molar-refractivity contribution in [2.24, 2.45) is 0 Å². The summed E-state index contributed by atoms with van der Waals surface area (Å²) in [7, 11) is 0. The van der Waals surface area contributed by atoms with Gasteiger partial charge in [0, 0.05) is 6.61 Å². The summed E-state index contributed by atoms with van der Waals surface area (Å²) in [5.74, 6) is 0. The van der Waals surface area contributed by atoms with Gasteiger partial charge in [0.15, 0.2) is 25.2 Å². The summed E-state index contributed by atoms with van der Waals surface area (Å²) in [6.45, 7) is -0.915. The van der Waals surface area contributed by atoms with Crippen LogP contribution in [0, 0.1) is 0 Å². The van der Waals surface area contributed by atoms with Crippen molar-refractivity contribution in [3.05, 3.63) is 0 Å². The smallest absolute Gasteiger partial charge is 0.187 e. The maximum Gasteiger partial charge on any atom is 0.187 e. The van der Waals surface area contributed by atoms with E-state index in [4.69, 9.17) is 37.9 Å². The minimum atomic E-state index is -2.01. The first-order valence-electron chi connectivity index (χ1n) is 18.1. The van der Waals surface area contributed by atoms with Gasteiger partial charge in [-0.1, -0.05) is 39.0 Å². The van der Waals surface area contributed by atoms with Crippen molar-refractivity contribution < 1.29 is 104 Å². The third kappa shape index (κ3) is 10.6. The molecule has 21 nitrogen and oxygen atoms in total. The Morgan fingerprint density at radius 1 is 0.377 bits per heavy atom. The maximum absolute atomic E-state index is 11.1. The molecule has 13 N–H and O–H groups in total. The van der Waals surface area contributed by atoms with Crippen LogP contribution in [0.3, 0.4) is 0 Å². The third-order valence-corrected chi connectivity index (χ3v) is 9.96. The van der Waals surface area contributed by atoms with Gasteiger partial charge in [0.05, 0.1) is 26.4 Å². The molecule has 0 unspecified atom stereocenters. The van der Waals surface area contributed by atoms with Crippen molar-refractivity contribution in [2.45, 2.75) is 168 Å². The first-order valence-corrected chi connectivity index (χ1v) is 18.1. The fourth-order valence-electron chi connectivity index (χ4n) is 6.75. The van der Waals surface area contributed by atoms with Gasteiger partial charge in [-0.15, -0.1) is 0 Å². The Morgan fingerprint density at radius 2 is 0.717 bits per heavy atom. The third-order valence-electron chi connectivity index (χ3n) is 9.96. The van der Waals surface area contributed by atoms with Crippen molar-refractivity contribution in [3.8, 4) is 0 Å². The zero-order valence-electron chi connectivity index (χ0n) is 29.4. The van der Waals surface area contributed by atoms with Crippen LogP contribution in [0.1, 0.15) is 45.4 Å².